The van der Waals surface area contributed by atoms with Gasteiger partial charge in [-0.05, 0) is 166 Å². The number of esters is 3. The van der Waals surface area contributed by atoms with Gasteiger partial charge < -0.3 is 45.1 Å². The summed E-state index contributed by atoms with van der Waals surface area (Å²) in [6.45, 7) is 45.0. The molecule has 5 N–H and O–H groups in total. The van der Waals surface area contributed by atoms with Gasteiger partial charge >= 0.3 is 17.9 Å². The van der Waals surface area contributed by atoms with Crippen molar-refractivity contribution in [3.05, 3.63) is 69.9 Å². The average molecular weight is 1350 g/mol. The summed E-state index contributed by atoms with van der Waals surface area (Å²) in [6, 6.07) is -0.901. The van der Waals surface area contributed by atoms with E-state index < -0.39 is 47.5 Å². The van der Waals surface area contributed by atoms with Crippen LogP contribution < -0.4 is 10.6 Å². The number of hydrogen-bond donors (Lipinski definition) is 5. The van der Waals surface area contributed by atoms with Crippen molar-refractivity contribution in [2.45, 2.75) is 312 Å². The highest BCUT2D eigenvalue weighted by Crippen LogP contribution is 2.36. The Morgan fingerprint density at radius 1 is 0.635 bits per heavy atom. The summed E-state index contributed by atoms with van der Waals surface area (Å²) in [6.07, 6.45) is 24.7. The molecule has 18 nitrogen and oxygen atoms in total. The molecule has 18 heteroatoms. The van der Waals surface area contributed by atoms with E-state index in [-0.39, 0.29) is 85.3 Å². The molecule has 6 atom stereocenters. The fraction of sp³-hybridized carbons (Fsp3) is 0.705. The van der Waals surface area contributed by atoms with Gasteiger partial charge in [0.1, 0.15) is 23.7 Å². The highest BCUT2D eigenvalue weighted by molar-refractivity contribution is 6.39. The van der Waals surface area contributed by atoms with Crippen LogP contribution in [0, 0.1) is 50.4 Å². The topological polar surface area (TPSA) is 269 Å². The Morgan fingerprint density at radius 2 is 1.17 bits per heavy atom. The lowest BCUT2D eigenvalue weighted by atomic mass is 9.89. The molecule has 4 unspecified atom stereocenters. The van der Waals surface area contributed by atoms with Gasteiger partial charge in [-0.2, -0.15) is 0 Å². The summed E-state index contributed by atoms with van der Waals surface area (Å²) in [4.78, 5) is 112. The van der Waals surface area contributed by atoms with Gasteiger partial charge in [-0.1, -0.05) is 172 Å². The predicted octanol–water partition coefficient (Wildman–Crippen LogP) is 16.9. The van der Waals surface area contributed by atoms with Crippen molar-refractivity contribution in [3.8, 4) is 0 Å². The summed E-state index contributed by atoms with van der Waals surface area (Å²) in [5.41, 5.74) is 5.00. The van der Waals surface area contributed by atoms with Crippen LogP contribution in [0.5, 0.6) is 0 Å². The van der Waals surface area contributed by atoms with E-state index >= 15 is 0 Å². The van der Waals surface area contributed by atoms with Gasteiger partial charge in [-0.15, -0.1) is 0 Å². The van der Waals surface area contributed by atoms with Gasteiger partial charge in [0.25, 0.3) is 11.7 Å². The number of allylic oxidation sites excluding steroid dienone is 7. The van der Waals surface area contributed by atoms with Gasteiger partial charge in [-0.3, -0.25) is 33.6 Å². The van der Waals surface area contributed by atoms with Crippen molar-refractivity contribution >= 4 is 64.4 Å². The molecule has 1 heterocycles. The Labute approximate surface area is 581 Å². The average Bonchev–Trinajstić information content (AvgIpc) is 0.811. The maximum absolute atomic E-state index is 13.1. The number of benzene rings is 1. The number of nitrogens with one attached hydrogen (secondary N) is 2. The van der Waals surface area contributed by atoms with E-state index in [1.54, 1.807) is 47.6 Å². The molecule has 1 aliphatic heterocycles. The van der Waals surface area contributed by atoms with Gasteiger partial charge in [0, 0.05) is 62.4 Å². The molecule has 2 fully saturated rings. The summed E-state index contributed by atoms with van der Waals surface area (Å²) in [7, 11) is 0. The Balaban J connectivity index is -0.000000828. The Hall–Kier alpha value is -6.11. The number of aliphatic hydroxyl groups excluding tert-OH is 1. The number of hydrogen-bond acceptors (Lipinski definition) is 15. The van der Waals surface area contributed by atoms with Crippen LogP contribution in [-0.4, -0.2) is 117 Å². The highest BCUT2D eigenvalue weighted by Gasteiger charge is 2.47. The minimum atomic E-state index is -2.82. The number of anilines is 2. The highest BCUT2D eigenvalue weighted by atomic mass is 16.5. The standard InChI is InChI=1S/C42H67NO9.C26H38N2O6.5C2H6/c1-28(2)27-52-41(49)36-22-16-17-23-43(36)40(48)39(47)42(50,51)34(8)21-15-11-13-19-29(3)18-12-10-14-20-30(4)24-32(6)37(45)26-38(46)33(7)25-31(5)35(9)44;1-16-23(17(2)25(28-20(5)30)18(3)24(16)27-19(4)29)26(32)33-15-11-7-10-14-22(31)34-21-12-8-6-9-13-21;5*1-2/h10,12,14,18,20,25,28,30-32,34,36,38,46,50-51H,11,13,15-17,19,21-24,26-27H2,1-9H3;21H,6-15H2,1-5H3,(H,27,29)(H,28,30);5*1-2H3/b12-10+,20-14+,29-18+,33-25+;;;;;;/t30-,31-,32?,34?,36?,38?;;;;;;/m1....../s1. The molecule has 1 aromatic carbocycles. The normalized spacial score (nSPS) is 15.5. The van der Waals surface area contributed by atoms with Crippen molar-refractivity contribution in [2.24, 2.45) is 29.6 Å². The predicted molar refractivity (Wildman–Crippen MR) is 392 cm³/mol. The lowest BCUT2D eigenvalue weighted by Crippen LogP contribution is -2.57. The second-order valence-electron chi connectivity index (χ2n) is 24.5. The quantitative estimate of drug-likeness (QED) is 0.00833. The second kappa shape index (κ2) is 55.8. The maximum atomic E-state index is 13.1. The number of Topliss-reactive ketones (excluding diaryl/α,β-unsaturated/α-hetero) is 3. The number of carbonyl (C=O) groups excluding carboxylic acids is 9. The van der Waals surface area contributed by atoms with Crippen LogP contribution >= 0.6 is 0 Å². The molecule has 96 heavy (non-hydrogen) atoms. The van der Waals surface area contributed by atoms with Crippen LogP contribution in [0.25, 0.3) is 0 Å². The molecule has 1 aromatic rings. The number of ether oxygens (including phenoxy) is 3. The monoisotopic (exact) mass is 1350 g/mol. The van der Waals surface area contributed by atoms with Crippen LogP contribution in [0.1, 0.15) is 294 Å². The van der Waals surface area contributed by atoms with E-state index in [1.807, 2.05) is 127 Å². The van der Waals surface area contributed by atoms with Crippen LogP contribution in [0.2, 0.25) is 0 Å². The lowest BCUT2D eigenvalue weighted by Gasteiger charge is -2.36. The third-order valence-corrected chi connectivity index (χ3v) is 16.1. The largest absolute Gasteiger partial charge is 0.464 e. The van der Waals surface area contributed by atoms with E-state index in [9.17, 15) is 58.5 Å². The van der Waals surface area contributed by atoms with E-state index in [4.69, 9.17) is 14.2 Å². The van der Waals surface area contributed by atoms with Crippen LogP contribution in [-0.2, 0) is 52.6 Å². The summed E-state index contributed by atoms with van der Waals surface area (Å²) in [5.74, 6) is -8.00. The van der Waals surface area contributed by atoms with Crippen molar-refractivity contribution in [2.75, 3.05) is 30.4 Å². The van der Waals surface area contributed by atoms with Crippen molar-refractivity contribution in [1.29, 1.82) is 0 Å². The molecule has 2 aliphatic rings. The minimum absolute atomic E-state index is 0.00127. The molecule has 552 valence electrons. The smallest absolute Gasteiger partial charge is 0.338 e. The van der Waals surface area contributed by atoms with Crippen molar-refractivity contribution < 1.29 is 72.7 Å². The molecular weight excluding hydrogens is 1220 g/mol. The maximum Gasteiger partial charge on any atom is 0.338 e. The molecule has 0 bridgehead atoms. The van der Waals surface area contributed by atoms with E-state index in [0.717, 1.165) is 56.3 Å². The first-order valence-corrected chi connectivity index (χ1v) is 36.3. The molecule has 3 amide bonds. The number of carbonyl (C=O) groups is 9. The molecule has 3 rings (SSSR count). The molecule has 1 saturated heterocycles. The SMILES string of the molecule is CC.CC.CC.CC.CC.CC(=O)Nc1c(C)c(NC(C)=O)c(C)c(C(=O)OCCCCCC(=O)OC2CCCCC2)c1C.CC(=O)[C@H](C)/C=C(\C)C(O)CC(=O)C(C)C[C@H](C)/C=C/C=C/C=C(\C)CCCCCC(C)C(O)(O)C(=O)C(=O)N1CCCCC1C(=O)OCC(C)C. The third-order valence-electron chi connectivity index (χ3n) is 16.1. The Bertz CT molecular complexity index is 2530. The van der Waals surface area contributed by atoms with Crippen LogP contribution in [0.3, 0.4) is 0 Å². The summed E-state index contributed by atoms with van der Waals surface area (Å²) < 4.78 is 16.3. The van der Waals surface area contributed by atoms with E-state index in [2.05, 4.69) is 17.6 Å². The molecule has 0 aromatic heterocycles. The van der Waals surface area contributed by atoms with Crippen LogP contribution in [0.15, 0.2) is 47.6 Å². The molecule has 1 saturated carbocycles. The first-order chi connectivity index (χ1) is 45.4. The number of nitrogens with zero attached hydrogens (tertiary/aromatic N) is 1. The zero-order valence-corrected chi connectivity index (χ0v) is 64.3. The molecule has 0 radical (unpaired) electrons. The van der Waals surface area contributed by atoms with Gasteiger partial charge in [0.2, 0.25) is 17.6 Å². The van der Waals surface area contributed by atoms with E-state index in [0.29, 0.717) is 97.0 Å². The number of ketones is 3. The summed E-state index contributed by atoms with van der Waals surface area (Å²) in [5, 5.41) is 37.4. The Kier molecular flexibility index (Phi) is 56.0. The fourth-order valence-electron chi connectivity index (χ4n) is 10.5. The van der Waals surface area contributed by atoms with E-state index in [1.165, 1.54) is 32.8 Å². The zero-order chi connectivity index (χ0) is 74.8. The van der Waals surface area contributed by atoms with Crippen molar-refractivity contribution in [1.82, 2.24) is 4.90 Å². The van der Waals surface area contributed by atoms with Crippen LogP contribution in [0.4, 0.5) is 11.4 Å². The minimum Gasteiger partial charge on any atom is -0.464 e. The first kappa shape index (κ1) is 96.3. The lowest BCUT2D eigenvalue weighted by molar-refractivity contribution is -0.205. The molecule has 1 aliphatic carbocycles. The van der Waals surface area contributed by atoms with Gasteiger partial charge in [0.15, 0.2) is 0 Å². The number of aliphatic hydroxyl groups is 3. The number of rotatable bonds is 33. The second-order valence-corrected chi connectivity index (χ2v) is 24.5. The number of amides is 3. The van der Waals surface area contributed by atoms with Gasteiger partial charge in [0.05, 0.1) is 24.9 Å². The number of likely N-dealkylation sites (tertiary alicyclic amines) is 1. The molecule has 0 spiro atoms. The molecular formula is C78H135N3O15. The number of piperidine rings is 1. The number of unbranched alkanes of at least 4 members (excludes halogenated alkanes) is 4. The zero-order valence-electron chi connectivity index (χ0n) is 64.3. The summed E-state index contributed by atoms with van der Waals surface area (Å²) >= 11 is 0. The first-order valence-electron chi connectivity index (χ1n) is 36.3. The third kappa shape index (κ3) is 38.7. The van der Waals surface area contributed by atoms with Gasteiger partial charge in [-0.25, -0.2) is 9.59 Å². The van der Waals surface area contributed by atoms with Crippen molar-refractivity contribution in [3.63, 3.8) is 0 Å². The fourth-order valence-corrected chi connectivity index (χ4v) is 10.5. The Morgan fingerprint density at radius 3 is 1.70 bits per heavy atom.